The van der Waals surface area contributed by atoms with Gasteiger partial charge in [-0.15, -0.1) is 0 Å². The Morgan fingerprint density at radius 1 is 0.800 bits per heavy atom. The van der Waals surface area contributed by atoms with Crippen LogP contribution in [0.5, 0.6) is 0 Å². The van der Waals surface area contributed by atoms with Crippen molar-refractivity contribution in [2.45, 2.75) is 27.7 Å². The first-order valence-corrected chi connectivity index (χ1v) is 6.94. The van der Waals surface area contributed by atoms with Gasteiger partial charge in [0.05, 0.1) is 0 Å². The standard InChI is InChI=1S/C19H18O/c1-11-12(2)16-10-9-15-7-5-6-8-17(15)19(16)18(13(11)3)14(4)20/h5-10H,1-4H3. The molecule has 3 aromatic carbocycles. The fourth-order valence-electron chi connectivity index (χ4n) is 3.15. The maximum absolute atomic E-state index is 12.2. The van der Waals surface area contributed by atoms with Gasteiger partial charge in [-0.2, -0.15) is 0 Å². The summed E-state index contributed by atoms with van der Waals surface area (Å²) >= 11 is 0. The van der Waals surface area contributed by atoms with E-state index in [2.05, 4.69) is 45.0 Å². The zero-order valence-corrected chi connectivity index (χ0v) is 12.4. The van der Waals surface area contributed by atoms with Gasteiger partial charge in [-0.25, -0.2) is 0 Å². The number of hydrogen-bond acceptors (Lipinski definition) is 1. The smallest absolute Gasteiger partial charge is 0.160 e. The highest BCUT2D eigenvalue weighted by Crippen LogP contribution is 2.35. The summed E-state index contributed by atoms with van der Waals surface area (Å²) in [6.45, 7) is 7.97. The molecule has 0 bridgehead atoms. The van der Waals surface area contributed by atoms with Gasteiger partial charge < -0.3 is 0 Å². The van der Waals surface area contributed by atoms with Crippen molar-refractivity contribution in [3.05, 3.63) is 58.7 Å². The lowest BCUT2D eigenvalue weighted by Crippen LogP contribution is -2.03. The second-order valence-electron chi connectivity index (χ2n) is 5.52. The van der Waals surface area contributed by atoms with E-state index in [-0.39, 0.29) is 5.78 Å². The van der Waals surface area contributed by atoms with Crippen LogP contribution in [0.3, 0.4) is 0 Å². The van der Waals surface area contributed by atoms with E-state index in [1.165, 1.54) is 27.3 Å². The van der Waals surface area contributed by atoms with E-state index in [1.54, 1.807) is 6.92 Å². The van der Waals surface area contributed by atoms with Crippen molar-refractivity contribution in [2.75, 3.05) is 0 Å². The minimum absolute atomic E-state index is 0.145. The number of benzene rings is 3. The first-order chi connectivity index (χ1) is 9.52. The fourth-order valence-corrected chi connectivity index (χ4v) is 3.15. The molecule has 1 heteroatoms. The van der Waals surface area contributed by atoms with Crippen LogP contribution < -0.4 is 0 Å². The Bertz CT molecular complexity index is 857. The molecule has 0 atom stereocenters. The SMILES string of the molecule is CC(=O)c1c(C)c(C)c(C)c2ccc3ccccc3c12. The lowest BCUT2D eigenvalue weighted by molar-refractivity contribution is 0.101. The molecule has 3 rings (SSSR count). The normalized spacial score (nSPS) is 11.2. The Labute approximate surface area is 119 Å². The summed E-state index contributed by atoms with van der Waals surface area (Å²) in [5.74, 6) is 0.145. The van der Waals surface area contributed by atoms with Gasteiger partial charge in [-0.1, -0.05) is 36.4 Å². The third kappa shape index (κ3) is 1.66. The average molecular weight is 262 g/mol. The topological polar surface area (TPSA) is 17.1 Å². The highest BCUT2D eigenvalue weighted by molar-refractivity contribution is 6.19. The molecule has 0 fully saturated rings. The molecule has 0 unspecified atom stereocenters. The molecule has 0 spiro atoms. The highest BCUT2D eigenvalue weighted by atomic mass is 16.1. The van der Waals surface area contributed by atoms with E-state index in [9.17, 15) is 4.79 Å². The van der Waals surface area contributed by atoms with Crippen LogP contribution in [0, 0.1) is 20.8 Å². The summed E-state index contributed by atoms with van der Waals surface area (Å²) in [7, 11) is 0. The number of hydrogen-bond donors (Lipinski definition) is 0. The molecule has 100 valence electrons. The predicted molar refractivity (Wildman–Crippen MR) is 85.7 cm³/mol. The average Bonchev–Trinajstić information content (AvgIpc) is 2.44. The lowest BCUT2D eigenvalue weighted by atomic mass is 9.87. The summed E-state index contributed by atoms with van der Waals surface area (Å²) in [5, 5.41) is 4.65. The quantitative estimate of drug-likeness (QED) is 0.439. The molecule has 3 aromatic rings. The minimum Gasteiger partial charge on any atom is -0.294 e. The number of ketones is 1. The first kappa shape index (κ1) is 12.9. The molecule has 0 radical (unpaired) electrons. The van der Waals surface area contributed by atoms with Gasteiger partial charge >= 0.3 is 0 Å². The van der Waals surface area contributed by atoms with Gasteiger partial charge in [0.15, 0.2) is 5.78 Å². The van der Waals surface area contributed by atoms with Gasteiger partial charge in [-0.3, -0.25) is 4.79 Å². The summed E-state index contributed by atoms with van der Waals surface area (Å²) in [6.07, 6.45) is 0. The molecule has 0 aliphatic carbocycles. The first-order valence-electron chi connectivity index (χ1n) is 6.94. The number of carbonyl (C=O) groups excluding carboxylic acids is 1. The number of Topliss-reactive ketones (excluding diaryl/α,β-unsaturated/α-hetero) is 1. The molecule has 1 nitrogen and oxygen atoms in total. The Morgan fingerprint density at radius 3 is 2.20 bits per heavy atom. The van der Waals surface area contributed by atoms with E-state index >= 15 is 0 Å². The molecule has 0 heterocycles. The van der Waals surface area contributed by atoms with E-state index in [1.807, 2.05) is 12.1 Å². The molecule has 0 aliphatic heterocycles. The van der Waals surface area contributed by atoms with Crippen molar-refractivity contribution < 1.29 is 4.79 Å². The summed E-state index contributed by atoms with van der Waals surface area (Å²) < 4.78 is 0. The molecular weight excluding hydrogens is 244 g/mol. The lowest BCUT2D eigenvalue weighted by Gasteiger charge is -2.16. The zero-order chi connectivity index (χ0) is 14.4. The van der Waals surface area contributed by atoms with Gasteiger partial charge in [-0.05, 0) is 60.5 Å². The van der Waals surface area contributed by atoms with Crippen LogP contribution in [-0.4, -0.2) is 5.78 Å². The van der Waals surface area contributed by atoms with Gasteiger partial charge in [0.25, 0.3) is 0 Å². The number of rotatable bonds is 1. The van der Waals surface area contributed by atoms with Crippen molar-refractivity contribution in [2.24, 2.45) is 0 Å². The number of carbonyl (C=O) groups is 1. The van der Waals surface area contributed by atoms with Crippen molar-refractivity contribution in [1.82, 2.24) is 0 Å². The van der Waals surface area contributed by atoms with Crippen LogP contribution in [0.4, 0.5) is 0 Å². The van der Waals surface area contributed by atoms with Gasteiger partial charge in [0.1, 0.15) is 0 Å². The summed E-state index contributed by atoms with van der Waals surface area (Å²) in [6, 6.07) is 12.6. The molecular formula is C19H18O. The van der Waals surface area contributed by atoms with Crippen LogP contribution in [-0.2, 0) is 0 Å². The van der Waals surface area contributed by atoms with Crippen molar-refractivity contribution in [3.63, 3.8) is 0 Å². The van der Waals surface area contributed by atoms with Gasteiger partial charge in [0, 0.05) is 10.9 Å². The molecule has 20 heavy (non-hydrogen) atoms. The molecule has 0 saturated carbocycles. The van der Waals surface area contributed by atoms with Gasteiger partial charge in [0.2, 0.25) is 0 Å². The third-order valence-corrected chi connectivity index (χ3v) is 4.44. The Balaban J connectivity index is 2.69. The van der Waals surface area contributed by atoms with Crippen LogP contribution in [0.1, 0.15) is 34.0 Å². The molecule has 0 aromatic heterocycles. The predicted octanol–water partition coefficient (Wildman–Crippen LogP) is 5.12. The van der Waals surface area contributed by atoms with Crippen molar-refractivity contribution in [3.8, 4) is 0 Å². The summed E-state index contributed by atoms with van der Waals surface area (Å²) in [4.78, 5) is 12.2. The number of fused-ring (bicyclic) bond motifs is 3. The van der Waals surface area contributed by atoms with Crippen LogP contribution in [0.25, 0.3) is 21.5 Å². The third-order valence-electron chi connectivity index (χ3n) is 4.44. The second-order valence-corrected chi connectivity index (χ2v) is 5.52. The highest BCUT2D eigenvalue weighted by Gasteiger charge is 2.16. The van der Waals surface area contributed by atoms with Crippen molar-refractivity contribution >= 4 is 27.3 Å². The van der Waals surface area contributed by atoms with Crippen molar-refractivity contribution in [1.29, 1.82) is 0 Å². The molecule has 0 aliphatic rings. The minimum atomic E-state index is 0.145. The van der Waals surface area contributed by atoms with E-state index in [0.29, 0.717) is 0 Å². The van der Waals surface area contributed by atoms with Crippen LogP contribution >= 0.6 is 0 Å². The largest absolute Gasteiger partial charge is 0.294 e. The second kappa shape index (κ2) is 4.45. The molecule has 0 amide bonds. The van der Waals surface area contributed by atoms with Crippen LogP contribution in [0.15, 0.2) is 36.4 Å². The summed E-state index contributed by atoms with van der Waals surface area (Å²) in [5.41, 5.74) is 4.48. The maximum atomic E-state index is 12.2. The fraction of sp³-hybridized carbons (Fsp3) is 0.211. The van der Waals surface area contributed by atoms with Crippen LogP contribution in [0.2, 0.25) is 0 Å². The Kier molecular flexibility index (Phi) is 2.86. The van der Waals surface area contributed by atoms with E-state index < -0.39 is 0 Å². The number of aryl methyl sites for hydroxylation is 1. The zero-order valence-electron chi connectivity index (χ0n) is 12.4. The molecule has 0 N–H and O–H groups in total. The van der Waals surface area contributed by atoms with E-state index in [0.717, 1.165) is 16.5 Å². The Hall–Kier alpha value is -2.15. The van der Waals surface area contributed by atoms with E-state index in [4.69, 9.17) is 0 Å². The Morgan fingerprint density at radius 2 is 1.50 bits per heavy atom. The maximum Gasteiger partial charge on any atom is 0.160 e. The molecule has 0 saturated heterocycles. The monoisotopic (exact) mass is 262 g/mol.